The molecular formula is C22H35N3O3S. The summed E-state index contributed by atoms with van der Waals surface area (Å²) in [5, 5.41) is 0. The number of piperidine rings is 1. The fourth-order valence-electron chi connectivity index (χ4n) is 3.89. The van der Waals surface area contributed by atoms with Crippen LogP contribution >= 0.6 is 0 Å². The molecule has 0 bridgehead atoms. The number of sulfonamides is 1. The van der Waals surface area contributed by atoms with Gasteiger partial charge in [0.25, 0.3) is 5.91 Å². The van der Waals surface area contributed by atoms with Crippen molar-refractivity contribution in [3.63, 3.8) is 0 Å². The first-order chi connectivity index (χ1) is 13.7. The normalized spacial score (nSPS) is 20.0. The molecule has 0 aromatic heterocycles. The van der Waals surface area contributed by atoms with E-state index in [1.54, 1.807) is 28.6 Å². The van der Waals surface area contributed by atoms with Crippen LogP contribution in [-0.2, 0) is 10.0 Å². The summed E-state index contributed by atoms with van der Waals surface area (Å²) in [6, 6.07) is 6.57. The van der Waals surface area contributed by atoms with Crippen LogP contribution in [-0.4, -0.2) is 74.2 Å². The van der Waals surface area contributed by atoms with Crippen molar-refractivity contribution in [3.05, 3.63) is 29.8 Å². The zero-order valence-electron chi connectivity index (χ0n) is 18.1. The van der Waals surface area contributed by atoms with E-state index in [0.29, 0.717) is 37.2 Å². The van der Waals surface area contributed by atoms with E-state index in [1.165, 1.54) is 0 Å². The molecule has 2 fully saturated rings. The zero-order chi connectivity index (χ0) is 21.1. The quantitative estimate of drug-likeness (QED) is 0.733. The summed E-state index contributed by atoms with van der Waals surface area (Å²) in [6.45, 7) is 12.0. The van der Waals surface area contributed by atoms with E-state index in [4.69, 9.17) is 0 Å². The maximum Gasteiger partial charge on any atom is 0.253 e. The molecule has 0 radical (unpaired) electrons. The van der Waals surface area contributed by atoms with Crippen molar-refractivity contribution in [1.82, 2.24) is 14.1 Å². The van der Waals surface area contributed by atoms with Crippen LogP contribution in [0.3, 0.4) is 0 Å². The molecule has 0 saturated carbocycles. The van der Waals surface area contributed by atoms with Gasteiger partial charge in [-0.25, -0.2) is 8.42 Å². The molecule has 1 aromatic carbocycles. The largest absolute Gasteiger partial charge is 0.336 e. The van der Waals surface area contributed by atoms with E-state index in [-0.39, 0.29) is 10.8 Å². The van der Waals surface area contributed by atoms with Crippen molar-refractivity contribution in [2.24, 2.45) is 5.41 Å². The van der Waals surface area contributed by atoms with Crippen molar-refractivity contribution >= 4 is 15.9 Å². The fraction of sp³-hybridized carbons (Fsp3) is 0.682. The summed E-state index contributed by atoms with van der Waals surface area (Å²) in [7, 11) is -3.52. The van der Waals surface area contributed by atoms with Gasteiger partial charge in [0.1, 0.15) is 0 Å². The second-order valence-corrected chi connectivity index (χ2v) is 11.4. The van der Waals surface area contributed by atoms with E-state index in [1.807, 2.05) is 4.90 Å². The molecule has 0 N–H and O–H groups in total. The van der Waals surface area contributed by atoms with Crippen molar-refractivity contribution < 1.29 is 13.2 Å². The highest BCUT2D eigenvalue weighted by Crippen LogP contribution is 2.23. The highest BCUT2D eigenvalue weighted by molar-refractivity contribution is 7.89. The minimum atomic E-state index is -3.52. The molecule has 0 aliphatic carbocycles. The molecule has 162 valence electrons. The SMILES string of the molecule is CC(C)(C)CCN1CCN(C(=O)c2cccc(S(=O)(=O)N3CCCCC3)c2)CC1. The van der Waals surface area contributed by atoms with Crippen molar-refractivity contribution in [2.75, 3.05) is 45.8 Å². The lowest BCUT2D eigenvalue weighted by molar-refractivity contribution is 0.0623. The van der Waals surface area contributed by atoms with Crippen LogP contribution in [0.4, 0.5) is 0 Å². The number of hydrogen-bond donors (Lipinski definition) is 0. The fourth-order valence-corrected chi connectivity index (χ4v) is 5.46. The summed E-state index contributed by atoms with van der Waals surface area (Å²) in [5.41, 5.74) is 0.777. The van der Waals surface area contributed by atoms with Gasteiger partial charge in [-0.3, -0.25) is 9.69 Å². The highest BCUT2D eigenvalue weighted by Gasteiger charge is 2.28. The summed E-state index contributed by atoms with van der Waals surface area (Å²) < 4.78 is 27.4. The minimum Gasteiger partial charge on any atom is -0.336 e. The number of carbonyl (C=O) groups excluding carboxylic acids is 1. The first-order valence-corrected chi connectivity index (χ1v) is 12.2. The molecule has 0 atom stereocenters. The summed E-state index contributed by atoms with van der Waals surface area (Å²) >= 11 is 0. The Bertz CT molecular complexity index is 803. The van der Waals surface area contributed by atoms with Crippen LogP contribution in [0.15, 0.2) is 29.2 Å². The van der Waals surface area contributed by atoms with Gasteiger partial charge in [-0.1, -0.05) is 33.3 Å². The van der Waals surface area contributed by atoms with E-state index in [9.17, 15) is 13.2 Å². The van der Waals surface area contributed by atoms with Crippen LogP contribution in [0.1, 0.15) is 56.8 Å². The summed E-state index contributed by atoms with van der Waals surface area (Å²) in [4.78, 5) is 17.5. The molecule has 6 nitrogen and oxygen atoms in total. The Morgan fingerprint density at radius 3 is 2.24 bits per heavy atom. The Morgan fingerprint density at radius 1 is 0.966 bits per heavy atom. The molecule has 3 rings (SSSR count). The predicted molar refractivity (Wildman–Crippen MR) is 115 cm³/mol. The van der Waals surface area contributed by atoms with Gasteiger partial charge >= 0.3 is 0 Å². The number of amides is 1. The molecule has 2 saturated heterocycles. The van der Waals surface area contributed by atoms with E-state index in [2.05, 4.69) is 25.7 Å². The van der Waals surface area contributed by atoms with Crippen molar-refractivity contribution in [2.45, 2.75) is 51.3 Å². The van der Waals surface area contributed by atoms with Gasteiger partial charge in [-0.2, -0.15) is 4.31 Å². The van der Waals surface area contributed by atoms with Gasteiger partial charge in [-0.15, -0.1) is 0 Å². The third-order valence-electron chi connectivity index (χ3n) is 5.87. The number of hydrogen-bond acceptors (Lipinski definition) is 4. The molecule has 2 aliphatic rings. The Hall–Kier alpha value is -1.44. The number of piperazine rings is 1. The number of nitrogens with zero attached hydrogens (tertiary/aromatic N) is 3. The van der Waals surface area contributed by atoms with Crippen LogP contribution in [0, 0.1) is 5.41 Å². The maximum atomic E-state index is 13.0. The molecule has 2 aliphatic heterocycles. The van der Waals surface area contributed by atoms with Gasteiger partial charge in [0.2, 0.25) is 10.0 Å². The first-order valence-electron chi connectivity index (χ1n) is 10.8. The summed E-state index contributed by atoms with van der Waals surface area (Å²) in [5.74, 6) is -0.0730. The molecule has 29 heavy (non-hydrogen) atoms. The molecule has 0 spiro atoms. The number of benzene rings is 1. The molecule has 0 unspecified atom stereocenters. The molecule has 7 heteroatoms. The van der Waals surface area contributed by atoms with E-state index in [0.717, 1.165) is 45.3 Å². The van der Waals surface area contributed by atoms with Crippen molar-refractivity contribution in [1.29, 1.82) is 0 Å². The van der Waals surface area contributed by atoms with Gasteiger partial charge in [0.15, 0.2) is 0 Å². The Morgan fingerprint density at radius 2 is 1.62 bits per heavy atom. The molecule has 2 heterocycles. The average molecular weight is 422 g/mol. The second kappa shape index (κ2) is 9.14. The lowest BCUT2D eigenvalue weighted by Gasteiger charge is -2.36. The topological polar surface area (TPSA) is 60.9 Å². The van der Waals surface area contributed by atoms with Crippen LogP contribution in [0.5, 0.6) is 0 Å². The maximum absolute atomic E-state index is 13.0. The van der Waals surface area contributed by atoms with Crippen LogP contribution < -0.4 is 0 Å². The Kier molecular flexibility index (Phi) is 7.02. The molecule has 1 aromatic rings. The van der Waals surface area contributed by atoms with E-state index < -0.39 is 10.0 Å². The second-order valence-electron chi connectivity index (χ2n) is 9.44. The Labute approximate surface area is 175 Å². The minimum absolute atomic E-state index is 0.0730. The predicted octanol–water partition coefficient (Wildman–Crippen LogP) is 3.06. The highest BCUT2D eigenvalue weighted by atomic mass is 32.2. The zero-order valence-corrected chi connectivity index (χ0v) is 18.9. The number of carbonyl (C=O) groups is 1. The third kappa shape index (κ3) is 5.80. The van der Waals surface area contributed by atoms with Crippen molar-refractivity contribution in [3.8, 4) is 0 Å². The standard InChI is InChI=1S/C22H35N3O3S/c1-22(2,3)10-13-23-14-16-24(17-15-23)21(26)19-8-7-9-20(18-19)29(27,28)25-11-5-4-6-12-25/h7-9,18H,4-6,10-17H2,1-3H3. The van der Waals surface area contributed by atoms with Gasteiger partial charge in [-0.05, 0) is 49.4 Å². The third-order valence-corrected chi connectivity index (χ3v) is 7.77. The molecular weight excluding hydrogens is 386 g/mol. The van der Waals surface area contributed by atoms with Crippen LogP contribution in [0.25, 0.3) is 0 Å². The van der Waals surface area contributed by atoms with Gasteiger partial charge in [0, 0.05) is 44.8 Å². The lowest BCUT2D eigenvalue weighted by Crippen LogP contribution is -2.49. The molecule has 1 amide bonds. The summed E-state index contributed by atoms with van der Waals surface area (Å²) in [6.07, 6.45) is 4.01. The van der Waals surface area contributed by atoms with Crippen LogP contribution in [0.2, 0.25) is 0 Å². The van der Waals surface area contributed by atoms with Gasteiger partial charge in [0.05, 0.1) is 4.90 Å². The monoisotopic (exact) mass is 421 g/mol. The van der Waals surface area contributed by atoms with E-state index >= 15 is 0 Å². The number of rotatable bonds is 5. The Balaban J connectivity index is 1.63. The van der Waals surface area contributed by atoms with Gasteiger partial charge < -0.3 is 4.90 Å². The first kappa shape index (κ1) is 22.2. The smallest absolute Gasteiger partial charge is 0.253 e. The lowest BCUT2D eigenvalue weighted by atomic mass is 9.92. The average Bonchev–Trinajstić information content (AvgIpc) is 2.72.